The van der Waals surface area contributed by atoms with Gasteiger partial charge < -0.3 is 5.11 Å². The smallest absolute Gasteiger partial charge is 0.313 e. The van der Waals surface area contributed by atoms with Crippen LogP contribution in [0.3, 0.4) is 0 Å². The van der Waals surface area contributed by atoms with E-state index < -0.39 is 11.4 Å². The lowest BCUT2D eigenvalue weighted by Crippen LogP contribution is -2.32. The van der Waals surface area contributed by atoms with E-state index in [1.807, 2.05) is 24.3 Å². The molecule has 0 aliphatic heterocycles. The Kier molecular flexibility index (Phi) is 5.67. The average Bonchev–Trinajstić information content (AvgIpc) is 2.34. The minimum Gasteiger partial charge on any atom is -0.481 e. The van der Waals surface area contributed by atoms with Gasteiger partial charge in [0.2, 0.25) is 0 Å². The molecule has 1 atom stereocenters. The standard InChI is InChI=1S/C15H17IO2/c1-3-4-5-6-10-15(2,14(17)18)12-8-7-9-13(16)11-12/h1,7-9,11H,4-6,10H2,2H3,(H,17,18). The molecule has 3 heteroatoms. The van der Waals surface area contributed by atoms with E-state index in [4.69, 9.17) is 6.42 Å². The molecule has 1 aromatic carbocycles. The first-order valence-electron chi connectivity index (χ1n) is 5.93. The Labute approximate surface area is 122 Å². The lowest BCUT2D eigenvalue weighted by molar-refractivity contribution is -0.143. The second-order valence-electron chi connectivity index (χ2n) is 4.56. The first kappa shape index (κ1) is 15.0. The van der Waals surface area contributed by atoms with Crippen molar-refractivity contribution < 1.29 is 9.90 Å². The monoisotopic (exact) mass is 356 g/mol. The lowest BCUT2D eigenvalue weighted by atomic mass is 9.78. The number of carbonyl (C=O) groups is 1. The van der Waals surface area contributed by atoms with Gasteiger partial charge in [0, 0.05) is 9.99 Å². The van der Waals surface area contributed by atoms with Crippen molar-refractivity contribution >= 4 is 28.6 Å². The number of halogens is 1. The highest BCUT2D eigenvalue weighted by Crippen LogP contribution is 2.31. The third-order valence-corrected chi connectivity index (χ3v) is 3.85. The average molecular weight is 356 g/mol. The molecule has 0 fully saturated rings. The summed E-state index contributed by atoms with van der Waals surface area (Å²) < 4.78 is 1.06. The molecule has 18 heavy (non-hydrogen) atoms. The van der Waals surface area contributed by atoms with Gasteiger partial charge in [0.15, 0.2) is 0 Å². The fraction of sp³-hybridized carbons (Fsp3) is 0.400. The van der Waals surface area contributed by atoms with Gasteiger partial charge in [-0.15, -0.1) is 12.3 Å². The molecule has 1 unspecified atom stereocenters. The van der Waals surface area contributed by atoms with Crippen molar-refractivity contribution in [2.75, 3.05) is 0 Å². The van der Waals surface area contributed by atoms with Crippen LogP contribution >= 0.6 is 22.6 Å². The van der Waals surface area contributed by atoms with E-state index in [1.54, 1.807) is 6.92 Å². The van der Waals surface area contributed by atoms with E-state index in [0.29, 0.717) is 12.8 Å². The van der Waals surface area contributed by atoms with E-state index in [9.17, 15) is 9.90 Å². The highest BCUT2D eigenvalue weighted by atomic mass is 127. The van der Waals surface area contributed by atoms with E-state index in [0.717, 1.165) is 22.0 Å². The molecule has 0 amide bonds. The predicted octanol–water partition coefficient (Wildman–Crippen LogP) is 3.83. The maximum Gasteiger partial charge on any atom is 0.313 e. The molecule has 0 aromatic heterocycles. The number of hydrogen-bond donors (Lipinski definition) is 1. The first-order chi connectivity index (χ1) is 8.50. The van der Waals surface area contributed by atoms with Crippen molar-refractivity contribution in [3.63, 3.8) is 0 Å². The molecule has 0 saturated heterocycles. The molecule has 0 spiro atoms. The third-order valence-electron chi connectivity index (χ3n) is 3.18. The van der Waals surface area contributed by atoms with Gasteiger partial charge >= 0.3 is 5.97 Å². The molecular weight excluding hydrogens is 339 g/mol. The van der Waals surface area contributed by atoms with Crippen LogP contribution in [0.2, 0.25) is 0 Å². The summed E-state index contributed by atoms with van der Waals surface area (Å²) in [6.45, 7) is 1.79. The van der Waals surface area contributed by atoms with Crippen LogP contribution in [-0.2, 0) is 10.2 Å². The Morgan fingerprint density at radius 1 is 1.50 bits per heavy atom. The molecule has 0 aliphatic rings. The zero-order valence-electron chi connectivity index (χ0n) is 10.4. The topological polar surface area (TPSA) is 37.3 Å². The summed E-state index contributed by atoms with van der Waals surface area (Å²) >= 11 is 2.20. The minimum atomic E-state index is -0.824. The number of carboxylic acid groups (broad SMARTS) is 1. The van der Waals surface area contributed by atoms with Crippen LogP contribution in [0.5, 0.6) is 0 Å². The van der Waals surface area contributed by atoms with E-state index in [-0.39, 0.29) is 0 Å². The van der Waals surface area contributed by atoms with Crippen LogP contribution in [0, 0.1) is 15.9 Å². The first-order valence-corrected chi connectivity index (χ1v) is 7.01. The number of aliphatic carboxylic acids is 1. The highest BCUT2D eigenvalue weighted by molar-refractivity contribution is 14.1. The summed E-state index contributed by atoms with van der Waals surface area (Å²) in [4.78, 5) is 11.6. The van der Waals surface area contributed by atoms with Crippen LogP contribution in [-0.4, -0.2) is 11.1 Å². The molecule has 1 aromatic rings. The van der Waals surface area contributed by atoms with Gasteiger partial charge in [-0.25, -0.2) is 0 Å². The summed E-state index contributed by atoms with van der Waals surface area (Å²) in [5.41, 5.74) is 0.0399. The second-order valence-corrected chi connectivity index (χ2v) is 5.80. The van der Waals surface area contributed by atoms with Crippen LogP contribution < -0.4 is 0 Å². The van der Waals surface area contributed by atoms with Crippen LogP contribution in [0.25, 0.3) is 0 Å². The Morgan fingerprint density at radius 2 is 2.22 bits per heavy atom. The predicted molar refractivity (Wildman–Crippen MR) is 81.4 cm³/mol. The Morgan fingerprint density at radius 3 is 2.78 bits per heavy atom. The fourth-order valence-electron chi connectivity index (χ4n) is 1.91. The Hall–Kier alpha value is -1.02. The number of rotatable bonds is 6. The number of unbranched alkanes of at least 4 members (excludes halogenated alkanes) is 2. The summed E-state index contributed by atoms with van der Waals surface area (Å²) in [6.07, 6.45) is 8.24. The van der Waals surface area contributed by atoms with Crippen LogP contribution in [0.1, 0.15) is 38.2 Å². The molecule has 96 valence electrons. The maximum absolute atomic E-state index is 11.6. The highest BCUT2D eigenvalue weighted by Gasteiger charge is 2.34. The maximum atomic E-state index is 11.6. The third kappa shape index (κ3) is 3.74. The summed E-state index contributed by atoms with van der Waals surface area (Å²) in [5.74, 6) is 1.81. The van der Waals surface area contributed by atoms with E-state index in [1.165, 1.54) is 0 Å². The van der Waals surface area contributed by atoms with Gasteiger partial charge in [0.1, 0.15) is 0 Å². The van der Waals surface area contributed by atoms with Gasteiger partial charge in [-0.05, 0) is 60.1 Å². The summed E-state index contributed by atoms with van der Waals surface area (Å²) in [5, 5.41) is 9.49. The van der Waals surface area contributed by atoms with E-state index in [2.05, 4.69) is 28.5 Å². The van der Waals surface area contributed by atoms with Gasteiger partial charge in [-0.2, -0.15) is 0 Å². The van der Waals surface area contributed by atoms with Crippen molar-refractivity contribution in [2.24, 2.45) is 0 Å². The van der Waals surface area contributed by atoms with Crippen molar-refractivity contribution in [1.29, 1.82) is 0 Å². The summed E-state index contributed by atoms with van der Waals surface area (Å²) in [7, 11) is 0. The molecule has 2 nitrogen and oxygen atoms in total. The Balaban J connectivity index is 2.87. The fourth-order valence-corrected chi connectivity index (χ4v) is 2.46. The molecule has 0 radical (unpaired) electrons. The normalized spacial score (nSPS) is 13.6. The number of terminal acetylenes is 1. The molecule has 0 bridgehead atoms. The van der Waals surface area contributed by atoms with Crippen molar-refractivity contribution in [2.45, 2.75) is 38.0 Å². The molecular formula is C15H17IO2. The van der Waals surface area contributed by atoms with Gasteiger partial charge in [-0.3, -0.25) is 4.79 Å². The van der Waals surface area contributed by atoms with Gasteiger partial charge in [0.25, 0.3) is 0 Å². The molecule has 1 rings (SSSR count). The zero-order valence-corrected chi connectivity index (χ0v) is 12.6. The lowest BCUT2D eigenvalue weighted by Gasteiger charge is -2.25. The number of hydrogen-bond acceptors (Lipinski definition) is 1. The minimum absolute atomic E-state index is 0.615. The molecule has 0 aliphatic carbocycles. The summed E-state index contributed by atoms with van der Waals surface area (Å²) in [6, 6.07) is 7.69. The zero-order chi connectivity index (χ0) is 13.6. The Bertz CT molecular complexity index is 462. The molecule has 0 heterocycles. The quantitative estimate of drug-likeness (QED) is 0.478. The van der Waals surface area contributed by atoms with E-state index >= 15 is 0 Å². The number of benzene rings is 1. The largest absolute Gasteiger partial charge is 0.481 e. The molecule has 0 saturated carbocycles. The van der Waals surface area contributed by atoms with Crippen LogP contribution in [0.4, 0.5) is 0 Å². The van der Waals surface area contributed by atoms with Crippen LogP contribution in [0.15, 0.2) is 24.3 Å². The molecule has 1 N–H and O–H groups in total. The van der Waals surface area contributed by atoms with Crippen molar-refractivity contribution in [1.82, 2.24) is 0 Å². The van der Waals surface area contributed by atoms with Crippen molar-refractivity contribution in [3.05, 3.63) is 33.4 Å². The number of carboxylic acids is 1. The van der Waals surface area contributed by atoms with Gasteiger partial charge in [-0.1, -0.05) is 18.6 Å². The van der Waals surface area contributed by atoms with Gasteiger partial charge in [0.05, 0.1) is 5.41 Å². The van der Waals surface area contributed by atoms with Crippen molar-refractivity contribution in [3.8, 4) is 12.3 Å². The SMILES string of the molecule is C#CCCCCC(C)(C(=O)O)c1cccc(I)c1. The second kappa shape index (κ2) is 6.79.